The Morgan fingerprint density at radius 3 is 3.09 bits per heavy atom. The van der Waals surface area contributed by atoms with Gasteiger partial charge in [-0.2, -0.15) is 5.10 Å². The molecule has 122 valence electrons. The van der Waals surface area contributed by atoms with E-state index in [0.717, 1.165) is 12.1 Å². The number of rotatable bonds is 4. The monoisotopic (exact) mass is 316 g/mol. The van der Waals surface area contributed by atoms with Crippen molar-refractivity contribution in [3.8, 4) is 0 Å². The van der Waals surface area contributed by atoms with Gasteiger partial charge in [0, 0.05) is 56.1 Å². The third kappa shape index (κ3) is 3.65. The summed E-state index contributed by atoms with van der Waals surface area (Å²) >= 11 is 0. The molecule has 8 heteroatoms. The number of aromatic nitrogens is 4. The van der Waals surface area contributed by atoms with Crippen molar-refractivity contribution in [2.45, 2.75) is 25.9 Å². The molecule has 1 aliphatic heterocycles. The summed E-state index contributed by atoms with van der Waals surface area (Å²) in [6, 6.07) is 1.57. The molecule has 1 amide bonds. The molecule has 2 aromatic heterocycles. The van der Waals surface area contributed by atoms with Gasteiger partial charge in [0.15, 0.2) is 0 Å². The summed E-state index contributed by atoms with van der Waals surface area (Å²) in [5.74, 6) is 0.0486. The molecule has 0 spiro atoms. The second-order valence-electron chi connectivity index (χ2n) is 5.69. The lowest BCUT2D eigenvalue weighted by Crippen LogP contribution is -2.48. The van der Waals surface area contributed by atoms with E-state index in [1.54, 1.807) is 13.1 Å². The van der Waals surface area contributed by atoms with Gasteiger partial charge in [-0.05, 0) is 6.92 Å². The average molecular weight is 316 g/mol. The molecule has 0 aromatic carbocycles. The van der Waals surface area contributed by atoms with Crippen LogP contribution in [0.25, 0.3) is 0 Å². The summed E-state index contributed by atoms with van der Waals surface area (Å²) in [5, 5.41) is 10.1. The second-order valence-corrected chi connectivity index (χ2v) is 5.69. The number of nitrogens with zero attached hydrogens (tertiary/aromatic N) is 4. The van der Waals surface area contributed by atoms with Crippen LogP contribution in [0.5, 0.6) is 0 Å². The SMILES string of the molecule is Cc1cc(=O)n(CCC(=O)N2CCNC(c3cn[nH]c3)C2)cn1. The lowest BCUT2D eigenvalue weighted by Gasteiger charge is -2.33. The second kappa shape index (κ2) is 6.74. The molecule has 0 bridgehead atoms. The molecule has 8 nitrogen and oxygen atoms in total. The first-order valence-corrected chi connectivity index (χ1v) is 7.66. The van der Waals surface area contributed by atoms with Gasteiger partial charge in [0.25, 0.3) is 5.56 Å². The zero-order valence-corrected chi connectivity index (χ0v) is 13.0. The van der Waals surface area contributed by atoms with Crippen LogP contribution in [0.4, 0.5) is 0 Å². The van der Waals surface area contributed by atoms with Crippen LogP contribution in [0.1, 0.15) is 23.7 Å². The first-order chi connectivity index (χ1) is 11.1. The van der Waals surface area contributed by atoms with Crippen molar-refractivity contribution in [1.29, 1.82) is 0 Å². The molecular weight excluding hydrogens is 296 g/mol. The normalized spacial score (nSPS) is 18.1. The van der Waals surface area contributed by atoms with Gasteiger partial charge >= 0.3 is 0 Å². The van der Waals surface area contributed by atoms with Crippen molar-refractivity contribution >= 4 is 5.91 Å². The number of carbonyl (C=O) groups is 1. The minimum Gasteiger partial charge on any atom is -0.339 e. The van der Waals surface area contributed by atoms with Crippen LogP contribution in [0, 0.1) is 6.92 Å². The molecule has 1 aliphatic rings. The standard InChI is InChI=1S/C15H20N6O2/c1-11-6-15(23)21(10-17-11)4-2-14(22)20-5-3-16-13(9-20)12-7-18-19-8-12/h6-8,10,13,16H,2-5,9H2,1H3,(H,18,19). The smallest absolute Gasteiger partial charge is 0.253 e. The van der Waals surface area contributed by atoms with Crippen molar-refractivity contribution in [1.82, 2.24) is 30.0 Å². The summed E-state index contributed by atoms with van der Waals surface area (Å²) in [7, 11) is 0. The molecule has 3 heterocycles. The van der Waals surface area contributed by atoms with Gasteiger partial charge in [0.05, 0.1) is 18.6 Å². The van der Waals surface area contributed by atoms with Crippen LogP contribution in [0.2, 0.25) is 0 Å². The van der Waals surface area contributed by atoms with Crippen LogP contribution >= 0.6 is 0 Å². The number of aryl methyl sites for hydroxylation is 2. The number of piperazine rings is 1. The molecule has 1 saturated heterocycles. The molecule has 0 aliphatic carbocycles. The van der Waals surface area contributed by atoms with Gasteiger partial charge in [-0.15, -0.1) is 0 Å². The van der Waals surface area contributed by atoms with E-state index in [0.29, 0.717) is 31.7 Å². The Hall–Kier alpha value is -2.48. The quantitative estimate of drug-likeness (QED) is 0.817. The highest BCUT2D eigenvalue weighted by molar-refractivity contribution is 5.76. The number of H-pyrrole nitrogens is 1. The number of nitrogens with one attached hydrogen (secondary N) is 2. The molecule has 23 heavy (non-hydrogen) atoms. The van der Waals surface area contributed by atoms with Crippen molar-refractivity contribution in [2.24, 2.45) is 0 Å². The Morgan fingerprint density at radius 2 is 2.35 bits per heavy atom. The van der Waals surface area contributed by atoms with Crippen LogP contribution in [-0.4, -0.2) is 50.2 Å². The summed E-state index contributed by atoms with van der Waals surface area (Å²) in [4.78, 5) is 30.1. The van der Waals surface area contributed by atoms with Crippen LogP contribution in [-0.2, 0) is 11.3 Å². The fourth-order valence-electron chi connectivity index (χ4n) is 2.71. The average Bonchev–Trinajstić information content (AvgIpc) is 3.08. The fraction of sp³-hybridized carbons (Fsp3) is 0.467. The molecule has 2 N–H and O–H groups in total. The highest BCUT2D eigenvalue weighted by Gasteiger charge is 2.24. The Bertz CT molecular complexity index is 724. The van der Waals surface area contributed by atoms with Crippen molar-refractivity contribution < 1.29 is 4.79 Å². The Kier molecular flexibility index (Phi) is 4.52. The summed E-state index contributed by atoms with van der Waals surface area (Å²) < 4.78 is 1.47. The predicted octanol–water partition coefficient (Wildman–Crippen LogP) is -0.162. The first-order valence-electron chi connectivity index (χ1n) is 7.66. The molecule has 1 atom stereocenters. The van der Waals surface area contributed by atoms with E-state index in [1.165, 1.54) is 17.0 Å². The first kappa shape index (κ1) is 15.4. The van der Waals surface area contributed by atoms with Gasteiger partial charge in [-0.3, -0.25) is 19.3 Å². The van der Waals surface area contributed by atoms with Crippen LogP contribution < -0.4 is 10.9 Å². The van der Waals surface area contributed by atoms with Crippen LogP contribution in [0.3, 0.4) is 0 Å². The Balaban J connectivity index is 1.58. The molecule has 0 saturated carbocycles. The van der Waals surface area contributed by atoms with Gasteiger partial charge in [-0.1, -0.05) is 0 Å². The maximum absolute atomic E-state index is 12.4. The van der Waals surface area contributed by atoms with Gasteiger partial charge in [0.1, 0.15) is 0 Å². The van der Waals surface area contributed by atoms with E-state index in [4.69, 9.17) is 0 Å². The van der Waals surface area contributed by atoms with Crippen molar-refractivity contribution in [2.75, 3.05) is 19.6 Å². The fourth-order valence-corrected chi connectivity index (χ4v) is 2.71. The topological polar surface area (TPSA) is 95.9 Å². The van der Waals surface area contributed by atoms with Gasteiger partial charge < -0.3 is 10.2 Å². The maximum Gasteiger partial charge on any atom is 0.253 e. The van der Waals surface area contributed by atoms with E-state index >= 15 is 0 Å². The summed E-state index contributed by atoms with van der Waals surface area (Å²) in [6.07, 6.45) is 5.39. The molecule has 3 rings (SSSR count). The maximum atomic E-state index is 12.4. The lowest BCUT2D eigenvalue weighted by atomic mass is 10.1. The number of carbonyl (C=O) groups excluding carboxylic acids is 1. The highest BCUT2D eigenvalue weighted by Crippen LogP contribution is 2.16. The van der Waals surface area contributed by atoms with E-state index in [1.807, 2.05) is 11.1 Å². The van der Waals surface area contributed by atoms with E-state index in [-0.39, 0.29) is 17.5 Å². The summed E-state index contributed by atoms with van der Waals surface area (Å²) in [6.45, 7) is 4.15. The summed E-state index contributed by atoms with van der Waals surface area (Å²) in [5.41, 5.74) is 1.60. The minimum absolute atomic E-state index is 0.0486. The minimum atomic E-state index is -0.123. The molecular formula is C15H20N6O2. The zero-order valence-electron chi connectivity index (χ0n) is 13.0. The van der Waals surface area contributed by atoms with E-state index < -0.39 is 0 Å². The Morgan fingerprint density at radius 1 is 1.48 bits per heavy atom. The highest BCUT2D eigenvalue weighted by atomic mass is 16.2. The van der Waals surface area contributed by atoms with E-state index in [9.17, 15) is 9.59 Å². The third-order valence-corrected chi connectivity index (χ3v) is 4.03. The molecule has 1 unspecified atom stereocenters. The number of hydrogen-bond acceptors (Lipinski definition) is 5. The van der Waals surface area contributed by atoms with Crippen LogP contribution in [0.15, 0.2) is 29.6 Å². The molecule has 2 aromatic rings. The molecule has 0 radical (unpaired) electrons. The zero-order chi connectivity index (χ0) is 16.2. The molecule has 1 fully saturated rings. The largest absolute Gasteiger partial charge is 0.339 e. The lowest BCUT2D eigenvalue weighted by molar-refractivity contribution is -0.132. The van der Waals surface area contributed by atoms with Crippen molar-refractivity contribution in [3.63, 3.8) is 0 Å². The van der Waals surface area contributed by atoms with Crippen molar-refractivity contribution in [3.05, 3.63) is 46.4 Å². The van der Waals surface area contributed by atoms with Gasteiger partial charge in [-0.25, -0.2) is 4.98 Å². The Labute approximate surface area is 133 Å². The number of hydrogen-bond donors (Lipinski definition) is 2. The van der Waals surface area contributed by atoms with E-state index in [2.05, 4.69) is 20.5 Å². The number of amides is 1. The third-order valence-electron chi connectivity index (χ3n) is 4.03. The van der Waals surface area contributed by atoms with Gasteiger partial charge in [0.2, 0.25) is 5.91 Å². The predicted molar refractivity (Wildman–Crippen MR) is 83.8 cm³/mol. The number of aromatic amines is 1.